The Morgan fingerprint density at radius 1 is 0.767 bits per heavy atom. The summed E-state index contributed by atoms with van der Waals surface area (Å²) < 4.78 is 10.6. The number of carbonyl (C=O) groups excluding carboxylic acids is 3. The molecule has 0 fully saturated rings. The van der Waals surface area contributed by atoms with Crippen LogP contribution in [0, 0.1) is 11.3 Å². The van der Waals surface area contributed by atoms with Crippen LogP contribution in [0.25, 0.3) is 0 Å². The quantitative estimate of drug-likeness (QED) is 0.282. The summed E-state index contributed by atoms with van der Waals surface area (Å²) in [5, 5.41) is 9.28. The molecule has 0 atom stereocenters. The van der Waals surface area contributed by atoms with Gasteiger partial charge in [0.2, 0.25) is 0 Å². The van der Waals surface area contributed by atoms with Gasteiger partial charge < -0.3 is 9.47 Å². The maximum atomic E-state index is 12.5. The fraction of sp³-hybridized carbons (Fsp3) is 0.0435. The summed E-state index contributed by atoms with van der Waals surface area (Å²) in [7, 11) is 0. The Morgan fingerprint density at radius 3 is 2.07 bits per heavy atom. The van der Waals surface area contributed by atoms with Crippen molar-refractivity contribution in [2.45, 2.75) is 6.92 Å². The third kappa shape index (κ3) is 5.21. The number of nitrogens with zero attached hydrogens (tertiary/aromatic N) is 1. The predicted octanol–water partition coefficient (Wildman–Crippen LogP) is 3.82. The molecule has 6 nitrogen and oxygen atoms in total. The smallest absolute Gasteiger partial charge is 0.343 e. The molecule has 0 saturated heterocycles. The van der Waals surface area contributed by atoms with E-state index < -0.39 is 11.9 Å². The van der Waals surface area contributed by atoms with E-state index in [1.807, 2.05) is 6.07 Å². The molecule has 3 aromatic carbocycles. The fourth-order valence-electron chi connectivity index (χ4n) is 2.51. The second-order valence-electron chi connectivity index (χ2n) is 6.05. The van der Waals surface area contributed by atoms with Gasteiger partial charge >= 0.3 is 11.9 Å². The minimum Gasteiger partial charge on any atom is -0.423 e. The Kier molecular flexibility index (Phi) is 7.26. The fourth-order valence-corrected chi connectivity index (χ4v) is 2.51. The maximum Gasteiger partial charge on any atom is 0.343 e. The number of esters is 2. The van der Waals surface area contributed by atoms with Crippen LogP contribution in [0.4, 0.5) is 0 Å². The lowest BCUT2D eigenvalue weighted by atomic mass is 10.1. The molecule has 0 bridgehead atoms. The number of Topliss-reactive ketones (excluding diaryl/α,β-unsaturated/α-hetero) is 1. The number of benzene rings is 3. The van der Waals surface area contributed by atoms with Gasteiger partial charge in [0, 0.05) is 20.0 Å². The molecular formula is C23H15BNO5. The summed E-state index contributed by atoms with van der Waals surface area (Å²) in [6.45, 7) is 1.39. The van der Waals surface area contributed by atoms with Crippen LogP contribution in [0.5, 0.6) is 11.5 Å². The van der Waals surface area contributed by atoms with Gasteiger partial charge in [-0.3, -0.25) is 4.79 Å². The highest BCUT2D eigenvalue weighted by Crippen LogP contribution is 2.26. The average molecular weight is 396 g/mol. The normalized spacial score (nSPS) is 9.60. The predicted molar refractivity (Wildman–Crippen MR) is 110 cm³/mol. The SMILES string of the molecule is CC(=O)c1cccc(C(=O)Oc2cc(OC(=O)c3ccccc3)ccc2C#N)c1.[B]. The molecule has 3 radical (unpaired) electrons. The number of ether oxygens (including phenoxy) is 2. The van der Waals surface area contributed by atoms with Crippen LogP contribution >= 0.6 is 0 Å². The minimum atomic E-state index is -0.740. The van der Waals surface area contributed by atoms with Crippen LogP contribution in [0.15, 0.2) is 72.8 Å². The van der Waals surface area contributed by atoms with Gasteiger partial charge in [-0.15, -0.1) is 0 Å². The van der Waals surface area contributed by atoms with Crippen LogP contribution in [-0.2, 0) is 0 Å². The van der Waals surface area contributed by atoms with E-state index in [9.17, 15) is 19.6 Å². The van der Waals surface area contributed by atoms with E-state index in [4.69, 9.17) is 9.47 Å². The molecule has 7 heteroatoms. The molecule has 0 spiro atoms. The van der Waals surface area contributed by atoms with Crippen LogP contribution in [0.1, 0.15) is 43.6 Å². The number of ketones is 1. The number of nitriles is 1. The second-order valence-corrected chi connectivity index (χ2v) is 6.05. The minimum absolute atomic E-state index is 0. The van der Waals surface area contributed by atoms with Gasteiger partial charge in [0.05, 0.1) is 16.7 Å². The molecule has 30 heavy (non-hydrogen) atoms. The first-order valence-corrected chi connectivity index (χ1v) is 8.62. The second kappa shape index (κ2) is 9.85. The van der Waals surface area contributed by atoms with E-state index in [-0.39, 0.29) is 36.8 Å². The lowest BCUT2D eigenvalue weighted by Crippen LogP contribution is -2.11. The Bertz CT molecular complexity index is 1140. The zero-order valence-electron chi connectivity index (χ0n) is 16.0. The highest BCUT2D eigenvalue weighted by Gasteiger charge is 2.16. The van der Waals surface area contributed by atoms with Crippen molar-refractivity contribution in [3.63, 3.8) is 0 Å². The number of rotatable bonds is 5. The first-order chi connectivity index (χ1) is 14.0. The van der Waals surface area contributed by atoms with Gasteiger partial charge in [-0.05, 0) is 43.3 Å². The van der Waals surface area contributed by atoms with E-state index in [0.29, 0.717) is 11.1 Å². The van der Waals surface area contributed by atoms with Crippen LogP contribution in [-0.4, -0.2) is 26.1 Å². The molecule has 0 aliphatic carbocycles. The molecule has 0 aliphatic heterocycles. The number of carbonyl (C=O) groups is 3. The Hall–Kier alpha value is -4.18. The Balaban J connectivity index is 0.00000320. The van der Waals surface area contributed by atoms with E-state index in [1.165, 1.54) is 37.3 Å². The molecule has 0 amide bonds. The maximum absolute atomic E-state index is 12.5. The van der Waals surface area contributed by atoms with E-state index in [2.05, 4.69) is 0 Å². The molecule has 0 aliphatic rings. The van der Waals surface area contributed by atoms with Crippen molar-refractivity contribution in [3.05, 3.63) is 95.1 Å². The summed E-state index contributed by atoms with van der Waals surface area (Å²) in [4.78, 5) is 36.2. The molecule has 3 rings (SSSR count). The van der Waals surface area contributed by atoms with Gasteiger partial charge in [0.25, 0.3) is 0 Å². The molecule has 0 unspecified atom stereocenters. The lowest BCUT2D eigenvalue weighted by molar-refractivity contribution is 0.0732. The van der Waals surface area contributed by atoms with Gasteiger partial charge in [0.1, 0.15) is 11.8 Å². The van der Waals surface area contributed by atoms with Crippen molar-refractivity contribution in [2.75, 3.05) is 0 Å². The third-order valence-electron chi connectivity index (χ3n) is 4.00. The van der Waals surface area contributed by atoms with Gasteiger partial charge in [-0.2, -0.15) is 5.26 Å². The molecule has 0 aromatic heterocycles. The Labute approximate surface area is 175 Å². The molecule has 0 saturated carbocycles. The summed E-state index contributed by atoms with van der Waals surface area (Å²) in [6, 6.07) is 20.5. The van der Waals surface area contributed by atoms with Crippen molar-refractivity contribution in [2.24, 2.45) is 0 Å². The first kappa shape index (κ1) is 22.1. The zero-order valence-corrected chi connectivity index (χ0v) is 16.0. The van der Waals surface area contributed by atoms with E-state index in [1.54, 1.807) is 42.5 Å². The van der Waals surface area contributed by atoms with Crippen molar-refractivity contribution < 1.29 is 23.9 Å². The van der Waals surface area contributed by atoms with Gasteiger partial charge in [0.15, 0.2) is 11.5 Å². The van der Waals surface area contributed by atoms with Gasteiger partial charge in [-0.1, -0.05) is 30.3 Å². The molecule has 0 heterocycles. The van der Waals surface area contributed by atoms with E-state index >= 15 is 0 Å². The van der Waals surface area contributed by atoms with Crippen molar-refractivity contribution in [1.29, 1.82) is 5.26 Å². The first-order valence-electron chi connectivity index (χ1n) is 8.62. The molecule has 145 valence electrons. The number of hydrogen-bond donors (Lipinski definition) is 0. The average Bonchev–Trinajstić information content (AvgIpc) is 2.74. The Morgan fingerprint density at radius 2 is 1.40 bits per heavy atom. The topological polar surface area (TPSA) is 93.5 Å². The third-order valence-corrected chi connectivity index (χ3v) is 4.00. The van der Waals surface area contributed by atoms with Crippen LogP contribution in [0.3, 0.4) is 0 Å². The molecule has 3 aromatic rings. The van der Waals surface area contributed by atoms with Crippen molar-refractivity contribution in [1.82, 2.24) is 0 Å². The van der Waals surface area contributed by atoms with Crippen molar-refractivity contribution >= 4 is 26.1 Å². The van der Waals surface area contributed by atoms with E-state index in [0.717, 1.165) is 0 Å². The lowest BCUT2D eigenvalue weighted by Gasteiger charge is -2.09. The van der Waals surface area contributed by atoms with Gasteiger partial charge in [-0.25, -0.2) is 9.59 Å². The summed E-state index contributed by atoms with van der Waals surface area (Å²) in [6.07, 6.45) is 0. The standard InChI is InChI=1S/C23H15NO5.B/c1-15(25)17-8-5-9-18(12-17)23(27)29-21-13-20(11-10-19(21)14-24)28-22(26)16-6-3-2-4-7-16;/h2-13H,1H3;. The van der Waals surface area contributed by atoms with Crippen LogP contribution in [0.2, 0.25) is 0 Å². The summed E-state index contributed by atoms with van der Waals surface area (Å²) >= 11 is 0. The number of hydrogen-bond acceptors (Lipinski definition) is 6. The summed E-state index contributed by atoms with van der Waals surface area (Å²) in [5.74, 6) is -1.44. The van der Waals surface area contributed by atoms with Crippen molar-refractivity contribution in [3.8, 4) is 17.6 Å². The highest BCUT2D eigenvalue weighted by molar-refractivity contribution is 5.98. The largest absolute Gasteiger partial charge is 0.423 e. The monoisotopic (exact) mass is 396 g/mol. The zero-order chi connectivity index (χ0) is 20.8. The molecular weight excluding hydrogens is 381 g/mol. The van der Waals surface area contributed by atoms with Crippen LogP contribution < -0.4 is 9.47 Å². The summed E-state index contributed by atoms with van der Waals surface area (Å²) in [5.41, 5.74) is 0.982. The molecule has 0 N–H and O–H groups in total. The highest BCUT2D eigenvalue weighted by atomic mass is 16.5.